The molecule has 55 valence electrons. The topological polar surface area (TPSA) is 3.24 Å². The molecule has 0 N–H and O–H groups in total. The van der Waals surface area contributed by atoms with Crippen LogP contribution in [0.2, 0.25) is 0 Å². The zero-order valence-corrected chi connectivity index (χ0v) is 7.07. The van der Waals surface area contributed by atoms with Crippen molar-refractivity contribution < 1.29 is 0 Å². The molecule has 0 aliphatic rings. The lowest BCUT2D eigenvalue weighted by Crippen LogP contribution is -2.41. The molecule has 0 fully saturated rings. The zero-order chi connectivity index (χ0) is 7.49. The van der Waals surface area contributed by atoms with E-state index in [1.807, 2.05) is 0 Å². The SMILES string of the molecule is [CH2]C(C)(C)N(CC)CC. The van der Waals surface area contributed by atoms with Gasteiger partial charge in [-0.3, -0.25) is 4.90 Å². The smallest absolute Gasteiger partial charge is 0.0153 e. The van der Waals surface area contributed by atoms with Gasteiger partial charge in [-0.2, -0.15) is 0 Å². The summed E-state index contributed by atoms with van der Waals surface area (Å²) in [5.74, 6) is 0. The van der Waals surface area contributed by atoms with Gasteiger partial charge in [0.15, 0.2) is 0 Å². The third kappa shape index (κ3) is 2.85. The van der Waals surface area contributed by atoms with Crippen molar-refractivity contribution in [2.45, 2.75) is 33.2 Å². The van der Waals surface area contributed by atoms with Gasteiger partial charge >= 0.3 is 0 Å². The molecule has 0 spiro atoms. The van der Waals surface area contributed by atoms with Gasteiger partial charge in [-0.25, -0.2) is 0 Å². The van der Waals surface area contributed by atoms with Crippen molar-refractivity contribution in [3.05, 3.63) is 6.92 Å². The molecule has 0 bridgehead atoms. The first-order valence-corrected chi connectivity index (χ1v) is 3.62. The van der Waals surface area contributed by atoms with Crippen LogP contribution in [-0.2, 0) is 0 Å². The summed E-state index contributed by atoms with van der Waals surface area (Å²) < 4.78 is 0. The van der Waals surface area contributed by atoms with Crippen molar-refractivity contribution in [2.75, 3.05) is 13.1 Å². The summed E-state index contributed by atoms with van der Waals surface area (Å²) in [7, 11) is 0. The Kier molecular flexibility index (Phi) is 3.20. The fourth-order valence-corrected chi connectivity index (χ4v) is 1.08. The molecule has 1 heteroatoms. The number of nitrogens with zero attached hydrogens (tertiary/aromatic N) is 1. The summed E-state index contributed by atoms with van der Waals surface area (Å²) in [6.07, 6.45) is 0. The largest absolute Gasteiger partial charge is 0.299 e. The van der Waals surface area contributed by atoms with E-state index in [9.17, 15) is 0 Å². The Balaban J connectivity index is 3.79. The highest BCUT2D eigenvalue weighted by atomic mass is 15.2. The molecular weight excluding hydrogens is 110 g/mol. The van der Waals surface area contributed by atoms with Crippen molar-refractivity contribution in [1.82, 2.24) is 4.90 Å². The minimum atomic E-state index is 0.101. The fourth-order valence-electron chi connectivity index (χ4n) is 1.08. The van der Waals surface area contributed by atoms with Crippen molar-refractivity contribution in [3.8, 4) is 0 Å². The average Bonchev–Trinajstić information content (AvgIpc) is 1.65. The number of rotatable bonds is 3. The average molecular weight is 128 g/mol. The first-order chi connectivity index (χ1) is 4.02. The van der Waals surface area contributed by atoms with E-state index in [1.54, 1.807) is 0 Å². The lowest BCUT2D eigenvalue weighted by atomic mass is 10.1. The summed E-state index contributed by atoms with van der Waals surface area (Å²) in [4.78, 5) is 2.33. The molecule has 0 aromatic carbocycles. The van der Waals surface area contributed by atoms with Crippen molar-refractivity contribution in [3.63, 3.8) is 0 Å². The van der Waals surface area contributed by atoms with E-state index in [1.165, 1.54) is 0 Å². The highest BCUT2D eigenvalue weighted by Crippen LogP contribution is 2.10. The van der Waals surface area contributed by atoms with E-state index in [-0.39, 0.29) is 5.54 Å². The normalized spacial score (nSPS) is 12.7. The molecule has 9 heavy (non-hydrogen) atoms. The number of hydrogen-bond donors (Lipinski definition) is 0. The molecule has 1 nitrogen and oxygen atoms in total. The summed E-state index contributed by atoms with van der Waals surface area (Å²) in [6, 6.07) is 0. The molecule has 0 aliphatic heterocycles. The van der Waals surface area contributed by atoms with E-state index in [2.05, 4.69) is 39.5 Å². The molecule has 0 atom stereocenters. The molecule has 0 heterocycles. The molecule has 0 saturated heterocycles. The van der Waals surface area contributed by atoms with Crippen molar-refractivity contribution >= 4 is 0 Å². The van der Waals surface area contributed by atoms with Gasteiger partial charge in [0.25, 0.3) is 0 Å². The Labute approximate surface area is 59.1 Å². The second-order valence-electron chi connectivity index (χ2n) is 2.98. The molecule has 0 rings (SSSR count). The van der Waals surface area contributed by atoms with Crippen molar-refractivity contribution in [1.29, 1.82) is 0 Å². The van der Waals surface area contributed by atoms with E-state index in [4.69, 9.17) is 0 Å². The molecule has 0 unspecified atom stereocenters. The second-order valence-corrected chi connectivity index (χ2v) is 2.98. The Morgan fingerprint density at radius 1 is 1.22 bits per heavy atom. The van der Waals surface area contributed by atoms with Crippen LogP contribution >= 0.6 is 0 Å². The predicted octanol–water partition coefficient (Wildman–Crippen LogP) is 1.94. The molecule has 0 aromatic rings. The van der Waals surface area contributed by atoms with Crippen LogP contribution in [0.1, 0.15) is 27.7 Å². The zero-order valence-electron chi connectivity index (χ0n) is 7.07. The van der Waals surface area contributed by atoms with Crippen LogP contribution in [0.25, 0.3) is 0 Å². The molecule has 0 amide bonds. The van der Waals surface area contributed by atoms with E-state index >= 15 is 0 Å². The van der Waals surface area contributed by atoms with E-state index < -0.39 is 0 Å². The summed E-state index contributed by atoms with van der Waals surface area (Å²) >= 11 is 0. The van der Waals surface area contributed by atoms with Crippen LogP contribution in [-0.4, -0.2) is 23.5 Å². The molecule has 0 saturated carbocycles. The van der Waals surface area contributed by atoms with Crippen LogP contribution in [0.3, 0.4) is 0 Å². The van der Waals surface area contributed by atoms with Gasteiger partial charge in [0.1, 0.15) is 0 Å². The quantitative estimate of drug-likeness (QED) is 0.561. The van der Waals surface area contributed by atoms with Gasteiger partial charge in [-0.15, -0.1) is 0 Å². The van der Waals surface area contributed by atoms with Gasteiger partial charge < -0.3 is 0 Å². The molecule has 0 aliphatic carbocycles. The van der Waals surface area contributed by atoms with E-state index in [0.717, 1.165) is 13.1 Å². The van der Waals surface area contributed by atoms with Gasteiger partial charge in [0.2, 0.25) is 0 Å². The first kappa shape index (κ1) is 8.96. The fraction of sp³-hybridized carbons (Fsp3) is 0.875. The lowest BCUT2D eigenvalue weighted by molar-refractivity contribution is 0.178. The summed E-state index contributed by atoms with van der Waals surface area (Å²) in [6.45, 7) is 14.8. The Bertz CT molecular complexity index is 67.1. The van der Waals surface area contributed by atoms with Crippen molar-refractivity contribution in [2.24, 2.45) is 0 Å². The van der Waals surface area contributed by atoms with Gasteiger partial charge in [-0.1, -0.05) is 13.8 Å². The maximum Gasteiger partial charge on any atom is 0.0153 e. The second kappa shape index (κ2) is 3.21. The van der Waals surface area contributed by atoms with Gasteiger partial charge in [-0.05, 0) is 33.9 Å². The Morgan fingerprint density at radius 3 is 1.56 bits per heavy atom. The maximum atomic E-state index is 4.04. The Hall–Kier alpha value is -0.0400. The molecular formula is C8H18N. The minimum Gasteiger partial charge on any atom is -0.299 e. The first-order valence-electron chi connectivity index (χ1n) is 3.62. The van der Waals surface area contributed by atoms with Crippen LogP contribution in [0.5, 0.6) is 0 Å². The molecule has 0 aromatic heterocycles. The summed E-state index contributed by atoms with van der Waals surface area (Å²) in [5.41, 5.74) is 0.101. The predicted molar refractivity (Wildman–Crippen MR) is 42.4 cm³/mol. The maximum absolute atomic E-state index is 4.04. The van der Waals surface area contributed by atoms with E-state index in [0.29, 0.717) is 0 Å². The number of hydrogen-bond acceptors (Lipinski definition) is 1. The monoisotopic (exact) mass is 128 g/mol. The highest BCUT2D eigenvalue weighted by molar-refractivity contribution is 4.81. The van der Waals surface area contributed by atoms with Crippen LogP contribution in [0.15, 0.2) is 0 Å². The minimum absolute atomic E-state index is 0.101. The highest BCUT2D eigenvalue weighted by Gasteiger charge is 2.16. The van der Waals surface area contributed by atoms with Gasteiger partial charge in [0, 0.05) is 5.54 Å². The Morgan fingerprint density at radius 2 is 1.56 bits per heavy atom. The third-order valence-corrected chi connectivity index (χ3v) is 1.62. The molecule has 1 radical (unpaired) electrons. The summed E-state index contributed by atoms with van der Waals surface area (Å²) in [5, 5.41) is 0. The van der Waals surface area contributed by atoms with Gasteiger partial charge in [0.05, 0.1) is 0 Å². The lowest BCUT2D eigenvalue weighted by Gasteiger charge is -2.33. The van der Waals surface area contributed by atoms with Crippen LogP contribution < -0.4 is 0 Å². The standard InChI is InChI=1S/C8H18N/c1-6-9(7-2)8(3,4)5/h3,6-7H2,1-2,4-5H3. The third-order valence-electron chi connectivity index (χ3n) is 1.62. The van der Waals surface area contributed by atoms with Crippen LogP contribution in [0.4, 0.5) is 0 Å². The van der Waals surface area contributed by atoms with Crippen LogP contribution in [0, 0.1) is 6.92 Å².